The van der Waals surface area contributed by atoms with E-state index in [0.29, 0.717) is 5.56 Å². The second kappa shape index (κ2) is 8.44. The highest BCUT2D eigenvalue weighted by Gasteiger charge is 2.21. The molecule has 0 aliphatic rings. The van der Waals surface area contributed by atoms with E-state index in [1.807, 2.05) is 12.1 Å². The lowest BCUT2D eigenvalue weighted by Gasteiger charge is -2.08. The second-order valence-corrected chi connectivity index (χ2v) is 6.16. The number of aliphatic carboxylic acids is 1. The molecule has 0 amide bonds. The van der Waals surface area contributed by atoms with Crippen LogP contribution in [0.3, 0.4) is 0 Å². The van der Waals surface area contributed by atoms with E-state index in [-0.39, 0.29) is 5.78 Å². The number of unbranched alkanes of at least 4 members (excludes halogenated alkanes) is 2. The lowest BCUT2D eigenvalue weighted by atomic mass is 9.96. The molecule has 24 heavy (non-hydrogen) atoms. The number of ketones is 1. The molecule has 0 saturated carbocycles. The number of carbonyl (C=O) groups excluding carboxylic acids is 1. The normalized spacial score (nSPS) is 11.9. The monoisotopic (exact) mass is 324 g/mol. The first-order chi connectivity index (χ1) is 11.5. The fraction of sp³-hybridized carbons (Fsp3) is 0.333. The van der Waals surface area contributed by atoms with E-state index in [9.17, 15) is 9.59 Å². The Kier molecular flexibility index (Phi) is 6.30. The van der Waals surface area contributed by atoms with Gasteiger partial charge in [-0.25, -0.2) is 0 Å². The first-order valence-electron chi connectivity index (χ1n) is 8.49. The highest BCUT2D eigenvalue weighted by Crippen LogP contribution is 2.22. The maximum atomic E-state index is 12.0. The Hall–Kier alpha value is -2.42. The summed E-state index contributed by atoms with van der Waals surface area (Å²) < 4.78 is 0. The summed E-state index contributed by atoms with van der Waals surface area (Å²) in [7, 11) is 0. The van der Waals surface area contributed by atoms with Crippen molar-refractivity contribution >= 4 is 11.8 Å². The average Bonchev–Trinajstić information content (AvgIpc) is 2.61. The van der Waals surface area contributed by atoms with Gasteiger partial charge in [-0.2, -0.15) is 0 Å². The van der Waals surface area contributed by atoms with Gasteiger partial charge in [-0.15, -0.1) is 0 Å². The molecular formula is C21H24O3. The van der Waals surface area contributed by atoms with Crippen molar-refractivity contribution < 1.29 is 14.7 Å². The molecule has 2 aromatic rings. The molecule has 2 rings (SSSR count). The van der Waals surface area contributed by atoms with Crippen LogP contribution in [0.2, 0.25) is 0 Å². The van der Waals surface area contributed by atoms with Crippen LogP contribution in [-0.2, 0) is 11.2 Å². The predicted octanol–water partition coefficient (Wildman–Crippen LogP) is 4.99. The molecule has 3 heteroatoms. The van der Waals surface area contributed by atoms with Gasteiger partial charge in [0.15, 0.2) is 5.78 Å². The fourth-order valence-electron chi connectivity index (χ4n) is 2.63. The Labute approximate surface area is 143 Å². The average molecular weight is 324 g/mol. The van der Waals surface area contributed by atoms with Crippen molar-refractivity contribution in [2.45, 2.75) is 39.5 Å². The number of aryl methyl sites for hydroxylation is 1. The van der Waals surface area contributed by atoms with Crippen LogP contribution in [0.5, 0.6) is 0 Å². The minimum atomic E-state index is -1.09. The molecule has 0 heterocycles. The number of Topliss-reactive ketones (excluding diaryl/α,β-unsaturated/α-hetero) is 1. The molecule has 2 aromatic carbocycles. The van der Waals surface area contributed by atoms with Crippen LogP contribution in [0.4, 0.5) is 0 Å². The molecule has 1 N–H and O–H groups in total. The molecule has 0 aliphatic carbocycles. The van der Waals surface area contributed by atoms with Crippen LogP contribution >= 0.6 is 0 Å². The fourth-order valence-corrected chi connectivity index (χ4v) is 2.63. The molecule has 1 atom stereocenters. The van der Waals surface area contributed by atoms with Gasteiger partial charge in [0.1, 0.15) is 5.92 Å². The number of carboxylic acids is 1. The highest BCUT2D eigenvalue weighted by molar-refractivity contribution is 6.08. The Balaban J connectivity index is 2.07. The minimum absolute atomic E-state index is 0.361. The van der Waals surface area contributed by atoms with Crippen LogP contribution in [0, 0.1) is 5.92 Å². The number of hydrogen-bond acceptors (Lipinski definition) is 2. The first kappa shape index (κ1) is 17.9. The summed E-state index contributed by atoms with van der Waals surface area (Å²) in [6.45, 7) is 3.62. The summed E-state index contributed by atoms with van der Waals surface area (Å²) in [5.41, 5.74) is 3.90. The van der Waals surface area contributed by atoms with Gasteiger partial charge in [-0.3, -0.25) is 9.59 Å². The topological polar surface area (TPSA) is 54.4 Å². The smallest absolute Gasteiger partial charge is 0.314 e. The maximum Gasteiger partial charge on any atom is 0.314 e. The van der Waals surface area contributed by atoms with Crippen molar-refractivity contribution in [3.8, 4) is 11.1 Å². The van der Waals surface area contributed by atoms with Crippen LogP contribution < -0.4 is 0 Å². The van der Waals surface area contributed by atoms with Crippen molar-refractivity contribution in [3.05, 3.63) is 59.7 Å². The molecule has 1 unspecified atom stereocenters. The van der Waals surface area contributed by atoms with Crippen molar-refractivity contribution in [3.63, 3.8) is 0 Å². The molecule has 0 aliphatic heterocycles. The van der Waals surface area contributed by atoms with E-state index in [0.717, 1.165) is 17.5 Å². The zero-order chi connectivity index (χ0) is 17.5. The summed E-state index contributed by atoms with van der Waals surface area (Å²) in [4.78, 5) is 22.9. The number of rotatable bonds is 8. The second-order valence-electron chi connectivity index (χ2n) is 6.16. The summed E-state index contributed by atoms with van der Waals surface area (Å²) in [5.74, 6) is -2.47. The maximum absolute atomic E-state index is 12.0. The van der Waals surface area contributed by atoms with Crippen LogP contribution in [0.1, 0.15) is 49.0 Å². The molecular weight excluding hydrogens is 300 g/mol. The van der Waals surface area contributed by atoms with Gasteiger partial charge in [0.2, 0.25) is 0 Å². The Bertz CT molecular complexity index is 684. The molecule has 0 bridgehead atoms. The summed E-state index contributed by atoms with van der Waals surface area (Å²) >= 11 is 0. The van der Waals surface area contributed by atoms with Crippen molar-refractivity contribution in [2.75, 3.05) is 0 Å². The Morgan fingerprint density at radius 1 is 0.917 bits per heavy atom. The quantitative estimate of drug-likeness (QED) is 0.423. The van der Waals surface area contributed by atoms with E-state index in [2.05, 4.69) is 31.2 Å². The Morgan fingerprint density at radius 2 is 1.46 bits per heavy atom. The van der Waals surface area contributed by atoms with Crippen molar-refractivity contribution in [2.24, 2.45) is 5.92 Å². The van der Waals surface area contributed by atoms with Gasteiger partial charge in [0.25, 0.3) is 0 Å². The number of carbonyl (C=O) groups is 2. The molecule has 126 valence electrons. The van der Waals surface area contributed by atoms with Crippen molar-refractivity contribution in [1.82, 2.24) is 0 Å². The third-order valence-electron chi connectivity index (χ3n) is 4.29. The third-order valence-corrected chi connectivity index (χ3v) is 4.29. The van der Waals surface area contributed by atoms with Gasteiger partial charge in [0.05, 0.1) is 0 Å². The SMILES string of the molecule is CCCCCc1ccc(-c2ccc(C(=O)C(C)C(=O)O)cc2)cc1. The summed E-state index contributed by atoms with van der Waals surface area (Å²) in [5, 5.41) is 8.93. The third kappa shape index (κ3) is 4.54. The van der Waals surface area contributed by atoms with E-state index in [4.69, 9.17) is 5.11 Å². The highest BCUT2D eigenvalue weighted by atomic mass is 16.4. The van der Waals surface area contributed by atoms with Crippen LogP contribution in [-0.4, -0.2) is 16.9 Å². The van der Waals surface area contributed by atoms with E-state index in [1.54, 1.807) is 12.1 Å². The largest absolute Gasteiger partial charge is 0.481 e. The molecule has 0 radical (unpaired) electrons. The zero-order valence-corrected chi connectivity index (χ0v) is 14.3. The number of hydrogen-bond donors (Lipinski definition) is 1. The Morgan fingerprint density at radius 3 is 1.96 bits per heavy atom. The van der Waals surface area contributed by atoms with E-state index < -0.39 is 11.9 Å². The van der Waals surface area contributed by atoms with Crippen LogP contribution in [0.15, 0.2) is 48.5 Å². The first-order valence-corrected chi connectivity index (χ1v) is 8.49. The van der Waals surface area contributed by atoms with E-state index >= 15 is 0 Å². The number of benzene rings is 2. The van der Waals surface area contributed by atoms with Crippen LogP contribution in [0.25, 0.3) is 11.1 Å². The molecule has 0 saturated heterocycles. The van der Waals surface area contributed by atoms with Gasteiger partial charge in [0, 0.05) is 5.56 Å². The standard InChI is InChI=1S/C21H24O3/c1-3-4-5-6-16-7-9-17(10-8-16)18-11-13-19(14-12-18)20(22)15(2)21(23)24/h7-15H,3-6H2,1-2H3,(H,23,24). The molecule has 0 spiro atoms. The minimum Gasteiger partial charge on any atom is -0.481 e. The van der Waals surface area contributed by atoms with Gasteiger partial charge >= 0.3 is 5.97 Å². The molecule has 3 nitrogen and oxygen atoms in total. The lowest BCUT2D eigenvalue weighted by molar-refractivity contribution is -0.139. The zero-order valence-electron chi connectivity index (χ0n) is 14.3. The summed E-state index contributed by atoms with van der Waals surface area (Å²) in [6, 6.07) is 15.6. The van der Waals surface area contributed by atoms with Gasteiger partial charge in [-0.05, 0) is 36.5 Å². The van der Waals surface area contributed by atoms with Gasteiger partial charge < -0.3 is 5.11 Å². The summed E-state index contributed by atoms with van der Waals surface area (Å²) in [6.07, 6.45) is 4.80. The predicted molar refractivity (Wildman–Crippen MR) is 96.2 cm³/mol. The van der Waals surface area contributed by atoms with E-state index in [1.165, 1.54) is 31.7 Å². The van der Waals surface area contributed by atoms with Gasteiger partial charge in [-0.1, -0.05) is 68.3 Å². The van der Waals surface area contributed by atoms with Crippen molar-refractivity contribution in [1.29, 1.82) is 0 Å². The molecule has 0 aromatic heterocycles. The lowest BCUT2D eigenvalue weighted by Crippen LogP contribution is -2.20. The molecule has 0 fully saturated rings. The number of carboxylic acid groups (broad SMARTS) is 1.